The average Bonchev–Trinajstić information content (AvgIpc) is 2.59. The van der Waals surface area contributed by atoms with Crippen LogP contribution < -0.4 is 15.4 Å². The third-order valence-corrected chi connectivity index (χ3v) is 3.47. The van der Waals surface area contributed by atoms with Gasteiger partial charge in [0.15, 0.2) is 6.61 Å². The molecule has 0 atom stereocenters. The van der Waals surface area contributed by atoms with Crippen molar-refractivity contribution in [1.82, 2.24) is 0 Å². The van der Waals surface area contributed by atoms with Crippen LogP contribution in [0.15, 0.2) is 48.5 Å². The second-order valence-electron chi connectivity index (χ2n) is 5.15. The largest absolute Gasteiger partial charge is 0.482 e. The molecule has 0 aliphatic carbocycles. The lowest BCUT2D eigenvalue weighted by Crippen LogP contribution is -2.25. The van der Waals surface area contributed by atoms with Crippen molar-refractivity contribution in [3.05, 3.63) is 64.2 Å². The van der Waals surface area contributed by atoms with E-state index in [1.54, 1.807) is 36.4 Å². The molecule has 0 spiro atoms. The minimum absolute atomic E-state index is 0.00797. The zero-order valence-corrected chi connectivity index (χ0v) is 12.7. The number of nitrogens with zero attached hydrogens (tertiary/aromatic N) is 1. The van der Waals surface area contributed by atoms with Crippen molar-refractivity contribution in [3.8, 4) is 5.75 Å². The van der Waals surface area contributed by atoms with Crippen molar-refractivity contribution in [3.63, 3.8) is 0 Å². The lowest BCUT2D eigenvalue weighted by Gasteiger charge is -2.18. The second-order valence-corrected chi connectivity index (χ2v) is 5.15. The Morgan fingerprint density at radius 2 is 2.12 bits per heavy atom. The molecule has 0 aromatic heterocycles. The van der Waals surface area contributed by atoms with E-state index in [9.17, 15) is 14.9 Å². The topological polar surface area (TPSA) is 93.5 Å². The first-order chi connectivity index (χ1) is 11.6. The molecule has 2 aromatic rings. The van der Waals surface area contributed by atoms with E-state index < -0.39 is 4.92 Å². The van der Waals surface area contributed by atoms with Crippen molar-refractivity contribution >= 4 is 29.0 Å². The smallest absolute Gasteiger partial charge is 0.276 e. The number of carbonyl (C=O) groups is 1. The summed E-state index contributed by atoms with van der Waals surface area (Å²) in [6, 6.07) is 12.0. The Kier molecular flexibility index (Phi) is 4.42. The van der Waals surface area contributed by atoms with E-state index in [4.69, 9.17) is 4.74 Å². The van der Waals surface area contributed by atoms with Crippen molar-refractivity contribution in [2.75, 3.05) is 23.8 Å². The number of nitrogens with one attached hydrogen (secondary N) is 2. The average molecular weight is 325 g/mol. The quantitative estimate of drug-likeness (QED) is 0.651. The zero-order chi connectivity index (χ0) is 16.9. The van der Waals surface area contributed by atoms with Gasteiger partial charge < -0.3 is 15.4 Å². The summed E-state index contributed by atoms with van der Waals surface area (Å²) in [6.45, 7) is 0.505. The maximum absolute atomic E-state index is 11.2. The maximum Gasteiger partial charge on any atom is 0.276 e. The third kappa shape index (κ3) is 3.52. The number of para-hydroxylation sites is 1. The second kappa shape index (κ2) is 6.82. The van der Waals surface area contributed by atoms with E-state index in [2.05, 4.69) is 10.6 Å². The minimum atomic E-state index is -0.401. The fourth-order valence-corrected chi connectivity index (χ4v) is 2.34. The third-order valence-electron chi connectivity index (χ3n) is 3.47. The fraction of sp³-hybridized carbons (Fsp3) is 0.118. The molecule has 0 radical (unpaired) electrons. The summed E-state index contributed by atoms with van der Waals surface area (Å²) in [5.74, 6) is 0.442. The van der Waals surface area contributed by atoms with Crippen LogP contribution in [0.2, 0.25) is 0 Å². The van der Waals surface area contributed by atoms with Crippen molar-refractivity contribution in [1.29, 1.82) is 0 Å². The number of fused-ring (bicyclic) bond motifs is 1. The van der Waals surface area contributed by atoms with Gasteiger partial charge in [-0.3, -0.25) is 14.9 Å². The van der Waals surface area contributed by atoms with Crippen molar-refractivity contribution < 1.29 is 14.5 Å². The lowest BCUT2D eigenvalue weighted by atomic mass is 10.1. The zero-order valence-electron chi connectivity index (χ0n) is 12.7. The highest BCUT2D eigenvalue weighted by Crippen LogP contribution is 2.30. The lowest BCUT2D eigenvalue weighted by molar-refractivity contribution is -0.385. The first-order valence-corrected chi connectivity index (χ1v) is 7.34. The monoisotopic (exact) mass is 325 g/mol. The van der Waals surface area contributed by atoms with Gasteiger partial charge in [-0.2, -0.15) is 0 Å². The molecule has 7 heteroatoms. The number of hydrogen-bond acceptors (Lipinski definition) is 5. The summed E-state index contributed by atoms with van der Waals surface area (Å²) < 4.78 is 5.35. The number of carbonyl (C=O) groups excluding carboxylic acids is 1. The molecule has 0 saturated heterocycles. The molecular formula is C17H15N3O4. The normalized spacial score (nSPS) is 13.1. The van der Waals surface area contributed by atoms with Gasteiger partial charge >= 0.3 is 0 Å². The SMILES string of the molecule is O=C1COc2cc(NCC=Cc3ccccc3[N+](=O)[O-])ccc2N1. The maximum atomic E-state index is 11.2. The molecule has 1 aliphatic rings. The van der Waals surface area contributed by atoms with Crippen LogP contribution in [0.1, 0.15) is 5.56 Å². The van der Waals surface area contributed by atoms with Crippen molar-refractivity contribution in [2.45, 2.75) is 0 Å². The van der Waals surface area contributed by atoms with E-state index in [1.807, 2.05) is 12.1 Å². The molecule has 2 N–H and O–H groups in total. The molecule has 7 nitrogen and oxygen atoms in total. The van der Waals surface area contributed by atoms with Crippen LogP contribution in [0.25, 0.3) is 6.08 Å². The van der Waals surface area contributed by atoms with Gasteiger partial charge in [0, 0.05) is 24.4 Å². The van der Waals surface area contributed by atoms with Crippen LogP contribution in [0, 0.1) is 10.1 Å². The molecule has 1 amide bonds. The molecule has 2 aromatic carbocycles. The summed E-state index contributed by atoms with van der Waals surface area (Å²) in [4.78, 5) is 21.8. The van der Waals surface area contributed by atoms with Crippen LogP contribution in [-0.2, 0) is 4.79 Å². The number of anilines is 2. The van der Waals surface area contributed by atoms with E-state index in [-0.39, 0.29) is 18.2 Å². The molecular weight excluding hydrogens is 310 g/mol. The van der Waals surface area contributed by atoms with E-state index in [0.717, 1.165) is 5.69 Å². The van der Waals surface area contributed by atoms with Gasteiger partial charge in [-0.05, 0) is 18.2 Å². The molecule has 24 heavy (non-hydrogen) atoms. The predicted octanol–water partition coefficient (Wildman–Crippen LogP) is 3.05. The molecule has 0 fully saturated rings. The highest BCUT2D eigenvalue weighted by Gasteiger charge is 2.15. The minimum Gasteiger partial charge on any atom is -0.482 e. The molecule has 122 valence electrons. The summed E-state index contributed by atoms with van der Waals surface area (Å²) in [7, 11) is 0. The number of nitro benzene ring substituents is 1. The Morgan fingerprint density at radius 3 is 2.96 bits per heavy atom. The van der Waals surface area contributed by atoms with Crippen LogP contribution in [0.5, 0.6) is 5.75 Å². The summed E-state index contributed by atoms with van der Waals surface area (Å²) >= 11 is 0. The van der Waals surface area contributed by atoms with Crippen molar-refractivity contribution in [2.24, 2.45) is 0 Å². The Labute approximate surface area is 138 Å². The highest BCUT2D eigenvalue weighted by molar-refractivity contribution is 5.95. The van der Waals surface area contributed by atoms with Crippen LogP contribution >= 0.6 is 0 Å². The summed E-state index contributed by atoms with van der Waals surface area (Å²) in [5, 5.41) is 16.8. The highest BCUT2D eigenvalue weighted by atomic mass is 16.6. The van der Waals surface area contributed by atoms with Gasteiger partial charge in [0.1, 0.15) is 5.75 Å². The molecule has 0 saturated carbocycles. The standard InChI is InChI=1S/C17H15N3O4/c21-17-11-24-16-10-13(7-8-14(16)19-17)18-9-3-5-12-4-1-2-6-15(12)20(22)23/h1-8,10,18H,9,11H2,(H,19,21). The van der Waals surface area contributed by atoms with Gasteiger partial charge in [-0.15, -0.1) is 0 Å². The predicted molar refractivity (Wildman–Crippen MR) is 91.2 cm³/mol. The Morgan fingerprint density at radius 1 is 1.29 bits per heavy atom. The van der Waals surface area contributed by atoms with E-state index in [0.29, 0.717) is 23.5 Å². The Hall–Kier alpha value is -3.35. The summed E-state index contributed by atoms with van der Waals surface area (Å²) in [5.41, 5.74) is 2.11. The van der Waals surface area contributed by atoms with Gasteiger partial charge in [-0.25, -0.2) is 0 Å². The molecule has 0 bridgehead atoms. The van der Waals surface area contributed by atoms with E-state index >= 15 is 0 Å². The van der Waals surface area contributed by atoms with Gasteiger partial charge in [0.05, 0.1) is 16.2 Å². The molecule has 1 aliphatic heterocycles. The number of ether oxygens (including phenoxy) is 1. The molecule has 1 heterocycles. The molecule has 3 rings (SSSR count). The Balaban J connectivity index is 1.63. The number of amides is 1. The first-order valence-electron chi connectivity index (χ1n) is 7.34. The van der Waals surface area contributed by atoms with E-state index in [1.165, 1.54) is 6.07 Å². The fourth-order valence-electron chi connectivity index (χ4n) is 2.34. The number of benzene rings is 2. The number of nitro groups is 1. The molecule has 0 unspecified atom stereocenters. The van der Waals surface area contributed by atoms with Crippen LogP contribution in [-0.4, -0.2) is 24.0 Å². The first kappa shape index (κ1) is 15.5. The van der Waals surface area contributed by atoms with Crippen LogP contribution in [0.3, 0.4) is 0 Å². The number of rotatable bonds is 5. The van der Waals surface area contributed by atoms with Gasteiger partial charge in [0.2, 0.25) is 0 Å². The van der Waals surface area contributed by atoms with Gasteiger partial charge in [0.25, 0.3) is 11.6 Å². The summed E-state index contributed by atoms with van der Waals surface area (Å²) in [6.07, 6.45) is 3.52. The Bertz CT molecular complexity index is 817. The number of hydrogen-bond donors (Lipinski definition) is 2. The van der Waals surface area contributed by atoms with Gasteiger partial charge in [-0.1, -0.05) is 24.3 Å². The van der Waals surface area contributed by atoms with Crippen LogP contribution in [0.4, 0.5) is 17.1 Å².